The number of morpholine rings is 1. The van der Waals surface area contributed by atoms with Gasteiger partial charge in [-0.15, -0.1) is 0 Å². The quantitative estimate of drug-likeness (QED) is 0.727. The SMILES string of the molecule is Cc1cc(N2CCOCC2)nc(CNC(=O)c2ccc(-c3ccccc3)cc2)n1. The second kappa shape index (κ2) is 8.84. The zero-order chi connectivity index (χ0) is 20.1. The van der Waals surface area contributed by atoms with Crippen molar-refractivity contribution in [3.8, 4) is 11.1 Å². The van der Waals surface area contributed by atoms with E-state index in [2.05, 4.69) is 32.3 Å². The van der Waals surface area contributed by atoms with Crippen LogP contribution >= 0.6 is 0 Å². The van der Waals surface area contributed by atoms with Crippen LogP contribution in [0.2, 0.25) is 0 Å². The van der Waals surface area contributed by atoms with E-state index in [0.29, 0.717) is 24.6 Å². The topological polar surface area (TPSA) is 67.3 Å². The molecule has 2 aromatic carbocycles. The van der Waals surface area contributed by atoms with Crippen molar-refractivity contribution < 1.29 is 9.53 Å². The number of rotatable bonds is 5. The number of anilines is 1. The average Bonchev–Trinajstić information content (AvgIpc) is 2.78. The lowest BCUT2D eigenvalue weighted by Gasteiger charge is -2.28. The summed E-state index contributed by atoms with van der Waals surface area (Å²) < 4.78 is 5.40. The van der Waals surface area contributed by atoms with Gasteiger partial charge in [-0.25, -0.2) is 9.97 Å². The van der Waals surface area contributed by atoms with E-state index in [9.17, 15) is 4.79 Å². The molecule has 0 radical (unpaired) electrons. The third-order valence-corrected chi connectivity index (χ3v) is 4.88. The fraction of sp³-hybridized carbons (Fsp3) is 0.261. The summed E-state index contributed by atoms with van der Waals surface area (Å²) in [5.74, 6) is 1.36. The van der Waals surface area contributed by atoms with Gasteiger partial charge in [0.05, 0.1) is 19.8 Å². The second-order valence-corrected chi connectivity index (χ2v) is 7.01. The lowest BCUT2D eigenvalue weighted by molar-refractivity contribution is 0.0950. The number of carbonyl (C=O) groups excluding carboxylic acids is 1. The van der Waals surface area contributed by atoms with Crippen molar-refractivity contribution in [1.82, 2.24) is 15.3 Å². The molecule has 0 bridgehead atoms. The minimum absolute atomic E-state index is 0.136. The van der Waals surface area contributed by atoms with Crippen molar-refractivity contribution in [2.75, 3.05) is 31.2 Å². The highest BCUT2D eigenvalue weighted by atomic mass is 16.5. The highest BCUT2D eigenvalue weighted by molar-refractivity contribution is 5.94. The van der Waals surface area contributed by atoms with Crippen LogP contribution in [0.25, 0.3) is 11.1 Å². The van der Waals surface area contributed by atoms with Crippen LogP contribution in [0.3, 0.4) is 0 Å². The largest absolute Gasteiger partial charge is 0.378 e. The number of carbonyl (C=O) groups is 1. The van der Waals surface area contributed by atoms with Crippen molar-refractivity contribution in [3.63, 3.8) is 0 Å². The molecule has 0 aliphatic carbocycles. The number of nitrogens with zero attached hydrogens (tertiary/aromatic N) is 3. The number of nitrogens with one attached hydrogen (secondary N) is 1. The van der Waals surface area contributed by atoms with Crippen LogP contribution in [0.5, 0.6) is 0 Å². The molecule has 148 valence electrons. The Bertz CT molecular complexity index is 968. The first-order valence-corrected chi connectivity index (χ1v) is 9.80. The molecule has 1 N–H and O–H groups in total. The van der Waals surface area contributed by atoms with Crippen LogP contribution in [-0.4, -0.2) is 42.2 Å². The van der Waals surface area contributed by atoms with E-state index in [-0.39, 0.29) is 12.5 Å². The highest BCUT2D eigenvalue weighted by Gasteiger charge is 2.14. The van der Waals surface area contributed by atoms with E-state index in [1.807, 2.05) is 55.5 Å². The molecule has 1 aromatic heterocycles. The standard InChI is InChI=1S/C23H24N4O2/c1-17-15-22(27-11-13-29-14-12-27)26-21(25-17)16-24-23(28)20-9-7-19(8-10-20)18-5-3-2-4-6-18/h2-10,15H,11-14,16H2,1H3,(H,24,28). The summed E-state index contributed by atoms with van der Waals surface area (Å²) in [6.45, 7) is 5.27. The summed E-state index contributed by atoms with van der Waals surface area (Å²) in [7, 11) is 0. The molecule has 6 heteroatoms. The summed E-state index contributed by atoms with van der Waals surface area (Å²) in [6, 6.07) is 19.7. The Morgan fingerprint density at radius 1 is 1.00 bits per heavy atom. The molecule has 2 heterocycles. The summed E-state index contributed by atoms with van der Waals surface area (Å²) in [6.07, 6.45) is 0. The van der Waals surface area contributed by atoms with Crippen molar-refractivity contribution in [1.29, 1.82) is 0 Å². The molecule has 1 fully saturated rings. The van der Waals surface area contributed by atoms with Gasteiger partial charge in [0, 0.05) is 30.4 Å². The number of hydrogen-bond donors (Lipinski definition) is 1. The smallest absolute Gasteiger partial charge is 0.251 e. The van der Waals surface area contributed by atoms with Crippen LogP contribution in [0.1, 0.15) is 21.9 Å². The Balaban J connectivity index is 1.41. The number of amides is 1. The maximum atomic E-state index is 12.5. The normalized spacial score (nSPS) is 13.9. The van der Waals surface area contributed by atoms with Gasteiger partial charge in [-0.2, -0.15) is 0 Å². The number of ether oxygens (including phenoxy) is 1. The minimum atomic E-state index is -0.136. The Hall–Kier alpha value is -3.25. The van der Waals surface area contributed by atoms with Gasteiger partial charge < -0.3 is 15.0 Å². The Morgan fingerprint density at radius 2 is 1.69 bits per heavy atom. The number of benzene rings is 2. The van der Waals surface area contributed by atoms with E-state index < -0.39 is 0 Å². The van der Waals surface area contributed by atoms with Crippen molar-refractivity contribution in [2.45, 2.75) is 13.5 Å². The number of aryl methyl sites for hydroxylation is 1. The van der Waals surface area contributed by atoms with Crippen LogP contribution in [0, 0.1) is 6.92 Å². The Kier molecular flexibility index (Phi) is 5.81. The first-order valence-electron chi connectivity index (χ1n) is 9.80. The van der Waals surface area contributed by atoms with E-state index in [1.165, 1.54) is 0 Å². The lowest BCUT2D eigenvalue weighted by atomic mass is 10.0. The predicted molar refractivity (Wildman–Crippen MR) is 113 cm³/mol. The molecule has 0 saturated carbocycles. The zero-order valence-corrected chi connectivity index (χ0v) is 16.5. The zero-order valence-electron chi connectivity index (χ0n) is 16.5. The lowest BCUT2D eigenvalue weighted by Crippen LogP contribution is -2.37. The van der Waals surface area contributed by atoms with Gasteiger partial charge in [0.25, 0.3) is 5.91 Å². The summed E-state index contributed by atoms with van der Waals surface area (Å²) in [4.78, 5) is 23.8. The third-order valence-electron chi connectivity index (χ3n) is 4.88. The van der Waals surface area contributed by atoms with E-state index in [1.54, 1.807) is 0 Å². The Morgan fingerprint density at radius 3 is 2.41 bits per heavy atom. The molecule has 3 aromatic rings. The maximum Gasteiger partial charge on any atom is 0.251 e. The molecule has 29 heavy (non-hydrogen) atoms. The highest BCUT2D eigenvalue weighted by Crippen LogP contribution is 2.19. The number of aromatic nitrogens is 2. The molecular formula is C23H24N4O2. The molecule has 1 saturated heterocycles. The third kappa shape index (κ3) is 4.78. The van der Waals surface area contributed by atoms with Crippen molar-refractivity contribution >= 4 is 11.7 Å². The summed E-state index contributed by atoms with van der Waals surface area (Å²) in [5.41, 5.74) is 3.71. The van der Waals surface area contributed by atoms with Crippen LogP contribution in [-0.2, 0) is 11.3 Å². The van der Waals surface area contributed by atoms with Crippen LogP contribution < -0.4 is 10.2 Å². The first-order chi connectivity index (χ1) is 14.2. The molecule has 0 atom stereocenters. The Labute approximate surface area is 170 Å². The van der Waals surface area contributed by atoms with E-state index in [4.69, 9.17) is 4.74 Å². The molecule has 6 nitrogen and oxygen atoms in total. The van der Waals surface area contributed by atoms with Gasteiger partial charge in [0.2, 0.25) is 0 Å². The summed E-state index contributed by atoms with van der Waals surface area (Å²) >= 11 is 0. The predicted octanol–water partition coefficient (Wildman–Crippen LogP) is 3.22. The van der Waals surface area contributed by atoms with Gasteiger partial charge in [-0.1, -0.05) is 42.5 Å². The van der Waals surface area contributed by atoms with Gasteiger partial charge in [-0.05, 0) is 30.2 Å². The molecule has 1 amide bonds. The van der Waals surface area contributed by atoms with Gasteiger partial charge in [0.15, 0.2) is 0 Å². The average molecular weight is 388 g/mol. The van der Waals surface area contributed by atoms with Crippen molar-refractivity contribution in [3.05, 3.63) is 77.7 Å². The molecule has 0 unspecified atom stereocenters. The molecule has 0 spiro atoms. The number of hydrogen-bond acceptors (Lipinski definition) is 5. The monoisotopic (exact) mass is 388 g/mol. The van der Waals surface area contributed by atoms with E-state index >= 15 is 0 Å². The van der Waals surface area contributed by atoms with Gasteiger partial charge >= 0.3 is 0 Å². The molecule has 1 aliphatic rings. The van der Waals surface area contributed by atoms with Gasteiger partial charge in [-0.3, -0.25) is 4.79 Å². The minimum Gasteiger partial charge on any atom is -0.378 e. The van der Waals surface area contributed by atoms with Crippen molar-refractivity contribution in [2.24, 2.45) is 0 Å². The van der Waals surface area contributed by atoms with Crippen LogP contribution in [0.15, 0.2) is 60.7 Å². The molecular weight excluding hydrogens is 364 g/mol. The molecule has 4 rings (SSSR count). The van der Waals surface area contributed by atoms with Crippen LogP contribution in [0.4, 0.5) is 5.82 Å². The summed E-state index contributed by atoms with van der Waals surface area (Å²) in [5, 5.41) is 2.92. The van der Waals surface area contributed by atoms with Gasteiger partial charge in [0.1, 0.15) is 11.6 Å². The first kappa shape index (κ1) is 19.1. The molecule has 1 aliphatic heterocycles. The fourth-order valence-electron chi connectivity index (χ4n) is 3.35. The fourth-order valence-corrected chi connectivity index (χ4v) is 3.35. The maximum absolute atomic E-state index is 12.5. The second-order valence-electron chi connectivity index (χ2n) is 7.01. The van der Waals surface area contributed by atoms with E-state index in [0.717, 1.165) is 35.7 Å².